The number of carbonyl (C=O) groups is 2. The van der Waals surface area contributed by atoms with Crippen LogP contribution in [0, 0.1) is 12.8 Å². The van der Waals surface area contributed by atoms with Crippen molar-refractivity contribution in [1.82, 2.24) is 9.80 Å². The lowest BCUT2D eigenvalue weighted by Gasteiger charge is -2.39. The van der Waals surface area contributed by atoms with Crippen molar-refractivity contribution in [3.05, 3.63) is 44.5 Å². The first-order valence-corrected chi connectivity index (χ1v) is 13.5. The number of allylic oxidation sites excluding steroid dienone is 3. The van der Waals surface area contributed by atoms with Crippen LogP contribution in [-0.2, 0) is 11.2 Å². The number of benzene rings is 1. The summed E-state index contributed by atoms with van der Waals surface area (Å²) in [5, 5.41) is 0.493. The Balaban J connectivity index is 1.41. The highest BCUT2D eigenvalue weighted by atomic mass is 35.5. The number of halogens is 1. The minimum absolute atomic E-state index is 0.0958. The lowest BCUT2D eigenvalue weighted by Crippen LogP contribution is -2.46. The number of carbonyl (C=O) groups excluding carboxylic acids is 2. The van der Waals surface area contributed by atoms with E-state index in [1.165, 1.54) is 0 Å². The van der Waals surface area contributed by atoms with Gasteiger partial charge in [-0.1, -0.05) is 23.3 Å². The number of amides is 1. The Morgan fingerprint density at radius 1 is 1.08 bits per heavy atom. The Labute approximate surface area is 219 Å². The number of hydrogen-bond donors (Lipinski definition) is 0. The van der Waals surface area contributed by atoms with E-state index in [4.69, 9.17) is 21.1 Å². The summed E-state index contributed by atoms with van der Waals surface area (Å²) in [5.74, 6) is 0.640. The van der Waals surface area contributed by atoms with Crippen LogP contribution in [0.3, 0.4) is 0 Å². The van der Waals surface area contributed by atoms with Crippen molar-refractivity contribution in [1.29, 1.82) is 0 Å². The maximum Gasteiger partial charge on any atom is 0.254 e. The number of ether oxygens (including phenoxy) is 2. The van der Waals surface area contributed by atoms with E-state index in [0.717, 1.165) is 53.5 Å². The highest BCUT2D eigenvalue weighted by molar-refractivity contribution is 6.34. The monoisotopic (exact) mass is 512 g/mol. The van der Waals surface area contributed by atoms with E-state index in [-0.39, 0.29) is 17.6 Å². The number of ketones is 1. The summed E-state index contributed by atoms with van der Waals surface area (Å²) in [4.78, 5) is 30.5. The molecule has 1 aromatic carbocycles. The fourth-order valence-corrected chi connectivity index (χ4v) is 6.77. The van der Waals surface area contributed by atoms with Gasteiger partial charge in [-0.2, -0.15) is 0 Å². The maximum atomic E-state index is 13.7. The van der Waals surface area contributed by atoms with Crippen LogP contribution in [0.4, 0.5) is 0 Å². The van der Waals surface area contributed by atoms with E-state index in [2.05, 4.69) is 19.0 Å². The highest BCUT2D eigenvalue weighted by Crippen LogP contribution is 2.54. The number of rotatable bonds is 4. The van der Waals surface area contributed by atoms with Crippen molar-refractivity contribution in [3.8, 4) is 11.5 Å². The fraction of sp³-hybridized carbons (Fsp3) is 0.586. The predicted octanol–water partition coefficient (Wildman–Crippen LogP) is 5.49. The summed E-state index contributed by atoms with van der Waals surface area (Å²) >= 11 is 6.89. The van der Waals surface area contributed by atoms with Gasteiger partial charge in [-0.15, -0.1) is 0 Å². The van der Waals surface area contributed by atoms with Crippen LogP contribution in [0.2, 0.25) is 5.02 Å². The molecule has 0 N–H and O–H groups in total. The second-order valence-corrected chi connectivity index (χ2v) is 11.7. The van der Waals surface area contributed by atoms with Gasteiger partial charge in [-0.3, -0.25) is 9.59 Å². The average molecular weight is 513 g/mol. The molecule has 6 nitrogen and oxygen atoms in total. The molecule has 7 heteroatoms. The van der Waals surface area contributed by atoms with Gasteiger partial charge < -0.3 is 19.3 Å². The molecule has 4 aliphatic rings. The van der Waals surface area contributed by atoms with Gasteiger partial charge in [0, 0.05) is 49.5 Å². The van der Waals surface area contributed by atoms with Gasteiger partial charge in [-0.25, -0.2) is 0 Å². The topological polar surface area (TPSA) is 59.1 Å². The molecule has 36 heavy (non-hydrogen) atoms. The quantitative estimate of drug-likeness (QED) is 0.534. The van der Waals surface area contributed by atoms with E-state index in [0.29, 0.717) is 54.1 Å². The van der Waals surface area contributed by atoms with Crippen LogP contribution >= 0.6 is 11.6 Å². The number of hydrogen-bond acceptors (Lipinski definition) is 5. The molecule has 1 fully saturated rings. The van der Waals surface area contributed by atoms with E-state index < -0.39 is 5.79 Å². The molecular formula is C29H37ClN2O4. The van der Waals surface area contributed by atoms with E-state index in [1.54, 1.807) is 4.90 Å². The van der Waals surface area contributed by atoms with Gasteiger partial charge >= 0.3 is 0 Å². The lowest BCUT2D eigenvalue weighted by molar-refractivity contribution is -0.123. The standard InChI is InChI=1S/C29H37ClN2O4/c1-16-13-17(2)22(23(33)14-16)15-32-12-11-21-24(28(32)34)18(3)26-27(25(21)30)36-29(4,35-26)19-7-9-20(10-8-19)31(5)6/h13,19-20H,7-12,14-15H2,1-6H3. The maximum absolute atomic E-state index is 13.7. The van der Waals surface area contributed by atoms with Crippen molar-refractivity contribution in [3.63, 3.8) is 0 Å². The van der Waals surface area contributed by atoms with Gasteiger partial charge in [0.25, 0.3) is 11.7 Å². The third kappa shape index (κ3) is 4.16. The number of nitrogens with zero attached hydrogens (tertiary/aromatic N) is 2. The molecule has 2 heterocycles. The minimum atomic E-state index is -0.790. The Morgan fingerprint density at radius 3 is 2.39 bits per heavy atom. The SMILES string of the molecule is CC1=CC(C)=C(CN2CCc3c(Cl)c4c(c(C)c3C2=O)OC(C)(C2CCC(N(C)C)CC2)O4)C(=O)C1. The Morgan fingerprint density at radius 2 is 1.75 bits per heavy atom. The summed E-state index contributed by atoms with van der Waals surface area (Å²) in [5.41, 5.74) is 4.94. The van der Waals surface area contributed by atoms with E-state index >= 15 is 0 Å². The third-order valence-corrected chi connectivity index (χ3v) is 9.06. The van der Waals surface area contributed by atoms with Crippen LogP contribution in [0.25, 0.3) is 0 Å². The third-order valence-electron chi connectivity index (χ3n) is 8.66. The minimum Gasteiger partial charge on any atom is -0.448 e. The summed E-state index contributed by atoms with van der Waals surface area (Å²) in [6, 6.07) is 0.587. The van der Waals surface area contributed by atoms with Crippen LogP contribution in [0.5, 0.6) is 11.5 Å². The molecule has 5 rings (SSSR count). The predicted molar refractivity (Wildman–Crippen MR) is 141 cm³/mol. The largest absolute Gasteiger partial charge is 0.448 e. The molecule has 0 saturated heterocycles. The highest BCUT2D eigenvalue weighted by Gasteiger charge is 2.48. The van der Waals surface area contributed by atoms with Gasteiger partial charge in [0.15, 0.2) is 17.3 Å². The summed E-state index contributed by atoms with van der Waals surface area (Å²) in [6.45, 7) is 8.70. The summed E-state index contributed by atoms with van der Waals surface area (Å²) in [6.07, 6.45) is 7.35. The smallest absolute Gasteiger partial charge is 0.254 e. The average Bonchev–Trinajstić information content (AvgIpc) is 3.20. The van der Waals surface area contributed by atoms with Gasteiger partial charge in [0.2, 0.25) is 0 Å². The van der Waals surface area contributed by atoms with Crippen molar-refractivity contribution < 1.29 is 19.1 Å². The molecule has 0 radical (unpaired) electrons. The summed E-state index contributed by atoms with van der Waals surface area (Å²) < 4.78 is 13.0. The van der Waals surface area contributed by atoms with Gasteiger partial charge in [-0.05, 0) is 78.1 Å². The molecule has 194 valence electrons. The number of Topliss-reactive ketones (excluding diaryl/α,β-unsaturated/α-hetero) is 1. The van der Waals surface area contributed by atoms with Crippen LogP contribution < -0.4 is 9.47 Å². The van der Waals surface area contributed by atoms with E-state index in [1.807, 2.05) is 33.8 Å². The van der Waals surface area contributed by atoms with Crippen molar-refractivity contribution >= 4 is 23.3 Å². The first kappa shape index (κ1) is 25.3. The second-order valence-electron chi connectivity index (χ2n) is 11.4. The van der Waals surface area contributed by atoms with Crippen molar-refractivity contribution in [2.24, 2.45) is 5.92 Å². The summed E-state index contributed by atoms with van der Waals surface area (Å²) in [7, 11) is 4.28. The normalized spacial score (nSPS) is 28.1. The Kier molecular flexibility index (Phi) is 6.49. The van der Waals surface area contributed by atoms with Gasteiger partial charge in [0.05, 0.1) is 10.6 Å². The van der Waals surface area contributed by atoms with Crippen LogP contribution in [0.15, 0.2) is 22.8 Å². The van der Waals surface area contributed by atoms with Crippen LogP contribution in [-0.4, -0.2) is 60.5 Å². The molecule has 1 atom stereocenters. The fourth-order valence-electron chi connectivity index (χ4n) is 6.45. The molecule has 1 amide bonds. The molecule has 0 spiro atoms. The van der Waals surface area contributed by atoms with E-state index in [9.17, 15) is 9.59 Å². The Hall–Kier alpha value is -2.31. The zero-order valence-electron chi connectivity index (χ0n) is 22.3. The van der Waals surface area contributed by atoms with Crippen molar-refractivity contribution in [2.75, 3.05) is 27.2 Å². The number of fused-ring (bicyclic) bond motifs is 2. The lowest BCUT2D eigenvalue weighted by atomic mass is 9.81. The van der Waals surface area contributed by atoms with Gasteiger partial charge in [0.1, 0.15) is 0 Å². The second kappa shape index (κ2) is 9.21. The molecule has 1 saturated carbocycles. The van der Waals surface area contributed by atoms with Crippen LogP contribution in [0.1, 0.15) is 74.4 Å². The molecule has 1 unspecified atom stereocenters. The molecule has 0 aromatic heterocycles. The Bertz CT molecular complexity index is 1190. The molecular weight excluding hydrogens is 476 g/mol. The molecule has 2 aliphatic carbocycles. The molecule has 0 bridgehead atoms. The first-order valence-electron chi connectivity index (χ1n) is 13.1. The zero-order valence-corrected chi connectivity index (χ0v) is 23.1. The molecule has 2 aliphatic heterocycles. The first-order chi connectivity index (χ1) is 17.0. The van der Waals surface area contributed by atoms with Crippen molar-refractivity contribution in [2.45, 2.75) is 78.0 Å². The molecule has 1 aromatic rings. The zero-order chi connectivity index (χ0) is 25.9.